The van der Waals surface area contributed by atoms with Crippen molar-refractivity contribution >= 4 is 10.9 Å². The van der Waals surface area contributed by atoms with Crippen LogP contribution in [0.15, 0.2) is 24.4 Å². The van der Waals surface area contributed by atoms with E-state index in [4.69, 9.17) is 0 Å². The van der Waals surface area contributed by atoms with Gasteiger partial charge in [-0.2, -0.15) is 13.2 Å². The normalized spacial score (nSPS) is 13.1. The summed E-state index contributed by atoms with van der Waals surface area (Å²) in [5.74, 6) is -0.347. The number of nitrogens with one attached hydrogen (secondary N) is 2. The Hall–Kier alpha value is -1.56. The van der Waals surface area contributed by atoms with E-state index < -0.39 is 18.3 Å². The summed E-state index contributed by atoms with van der Waals surface area (Å²) in [5, 5.41) is 3.33. The molecule has 1 aromatic heterocycles. The van der Waals surface area contributed by atoms with Crippen molar-refractivity contribution in [2.24, 2.45) is 0 Å². The first kappa shape index (κ1) is 14.8. The van der Waals surface area contributed by atoms with Gasteiger partial charge in [-0.25, -0.2) is 4.39 Å². The highest BCUT2D eigenvalue weighted by Crippen LogP contribution is 2.24. The van der Waals surface area contributed by atoms with Gasteiger partial charge in [-0.1, -0.05) is 0 Å². The lowest BCUT2D eigenvalue weighted by molar-refractivity contribution is -0.128. The molecule has 2 aromatic rings. The zero-order valence-electron chi connectivity index (χ0n) is 11.2. The molecule has 110 valence electrons. The van der Waals surface area contributed by atoms with Crippen LogP contribution in [0, 0.1) is 5.82 Å². The molecule has 0 spiro atoms. The van der Waals surface area contributed by atoms with Crippen LogP contribution in [0.2, 0.25) is 0 Å². The summed E-state index contributed by atoms with van der Waals surface area (Å²) in [6.07, 6.45) is -2.11. The molecule has 0 saturated carbocycles. The SMILES string of the molecule is CC(C)(Cc1c[nH]c2cc(F)ccc12)NCC(F)(F)F. The quantitative estimate of drug-likeness (QED) is 0.823. The third kappa shape index (κ3) is 3.72. The molecule has 1 aromatic carbocycles. The van der Waals surface area contributed by atoms with Crippen molar-refractivity contribution in [2.45, 2.75) is 32.0 Å². The van der Waals surface area contributed by atoms with Gasteiger partial charge in [-0.3, -0.25) is 0 Å². The Morgan fingerprint density at radius 2 is 1.90 bits per heavy atom. The molecule has 0 aliphatic rings. The van der Waals surface area contributed by atoms with Gasteiger partial charge in [-0.05, 0) is 44.0 Å². The molecule has 0 amide bonds. The van der Waals surface area contributed by atoms with Crippen LogP contribution in [-0.2, 0) is 6.42 Å². The summed E-state index contributed by atoms with van der Waals surface area (Å²) in [6, 6.07) is 4.35. The molecular formula is C14H16F4N2. The molecule has 0 unspecified atom stereocenters. The van der Waals surface area contributed by atoms with Crippen molar-refractivity contribution in [3.05, 3.63) is 35.8 Å². The molecule has 0 saturated heterocycles. The highest BCUT2D eigenvalue weighted by atomic mass is 19.4. The predicted molar refractivity (Wildman–Crippen MR) is 70.1 cm³/mol. The molecular weight excluding hydrogens is 272 g/mol. The second-order valence-corrected chi connectivity index (χ2v) is 5.53. The van der Waals surface area contributed by atoms with Crippen LogP contribution < -0.4 is 5.32 Å². The fourth-order valence-corrected chi connectivity index (χ4v) is 2.18. The van der Waals surface area contributed by atoms with Gasteiger partial charge in [-0.15, -0.1) is 0 Å². The summed E-state index contributed by atoms with van der Waals surface area (Å²) >= 11 is 0. The number of fused-ring (bicyclic) bond motifs is 1. The topological polar surface area (TPSA) is 27.8 Å². The third-order valence-corrected chi connectivity index (χ3v) is 3.13. The van der Waals surface area contributed by atoms with Gasteiger partial charge < -0.3 is 10.3 Å². The second-order valence-electron chi connectivity index (χ2n) is 5.53. The first-order valence-corrected chi connectivity index (χ1v) is 6.24. The van der Waals surface area contributed by atoms with Gasteiger partial charge in [0.1, 0.15) is 5.82 Å². The minimum absolute atomic E-state index is 0.347. The minimum Gasteiger partial charge on any atom is -0.361 e. The molecule has 0 fully saturated rings. The van der Waals surface area contributed by atoms with Crippen LogP contribution in [-0.4, -0.2) is 23.2 Å². The van der Waals surface area contributed by atoms with E-state index in [0.29, 0.717) is 11.9 Å². The van der Waals surface area contributed by atoms with Crippen molar-refractivity contribution in [2.75, 3.05) is 6.54 Å². The van der Waals surface area contributed by atoms with Gasteiger partial charge >= 0.3 is 6.18 Å². The van der Waals surface area contributed by atoms with Crippen molar-refractivity contribution in [1.82, 2.24) is 10.3 Å². The molecule has 2 rings (SSSR count). The maximum absolute atomic E-state index is 13.1. The van der Waals surface area contributed by atoms with Crippen LogP contribution in [0.1, 0.15) is 19.4 Å². The molecule has 0 aliphatic carbocycles. The monoisotopic (exact) mass is 288 g/mol. The van der Waals surface area contributed by atoms with Crippen molar-refractivity contribution in [3.63, 3.8) is 0 Å². The van der Waals surface area contributed by atoms with Crippen LogP contribution in [0.5, 0.6) is 0 Å². The average molecular weight is 288 g/mol. The molecule has 2 N–H and O–H groups in total. The average Bonchev–Trinajstić information content (AvgIpc) is 2.68. The number of hydrogen-bond acceptors (Lipinski definition) is 1. The largest absolute Gasteiger partial charge is 0.401 e. The van der Waals surface area contributed by atoms with E-state index in [-0.39, 0.29) is 5.82 Å². The lowest BCUT2D eigenvalue weighted by Crippen LogP contribution is -2.45. The van der Waals surface area contributed by atoms with Gasteiger partial charge in [0.05, 0.1) is 6.54 Å². The standard InChI is InChI=1S/C14H16F4N2/c1-13(2,20-8-14(16,17)18)6-9-7-19-12-5-10(15)3-4-11(9)12/h3-5,7,19-20H,6,8H2,1-2H3. The number of aromatic amines is 1. The van der Waals surface area contributed by atoms with Gasteiger partial charge in [0.2, 0.25) is 0 Å². The zero-order valence-corrected chi connectivity index (χ0v) is 11.2. The van der Waals surface area contributed by atoms with E-state index in [9.17, 15) is 17.6 Å². The van der Waals surface area contributed by atoms with E-state index in [1.807, 2.05) is 0 Å². The lowest BCUT2D eigenvalue weighted by atomic mass is 9.94. The Bertz CT molecular complexity index is 599. The Kier molecular flexibility index (Phi) is 3.77. The maximum Gasteiger partial charge on any atom is 0.401 e. The third-order valence-electron chi connectivity index (χ3n) is 3.13. The smallest absolute Gasteiger partial charge is 0.361 e. The summed E-state index contributed by atoms with van der Waals surface area (Å²) < 4.78 is 49.8. The molecule has 0 atom stereocenters. The fourth-order valence-electron chi connectivity index (χ4n) is 2.18. The summed E-state index contributed by atoms with van der Waals surface area (Å²) in [5.41, 5.74) is 0.797. The summed E-state index contributed by atoms with van der Waals surface area (Å²) in [7, 11) is 0. The van der Waals surface area contributed by atoms with Crippen LogP contribution in [0.25, 0.3) is 10.9 Å². The number of halogens is 4. The number of H-pyrrole nitrogens is 1. The van der Waals surface area contributed by atoms with Crippen LogP contribution >= 0.6 is 0 Å². The lowest BCUT2D eigenvalue weighted by Gasteiger charge is -2.27. The molecule has 1 heterocycles. The van der Waals surface area contributed by atoms with Gasteiger partial charge in [0.15, 0.2) is 0 Å². The molecule has 0 bridgehead atoms. The molecule has 0 radical (unpaired) electrons. The van der Waals surface area contributed by atoms with Crippen molar-refractivity contribution in [1.29, 1.82) is 0 Å². The van der Waals surface area contributed by atoms with E-state index in [1.165, 1.54) is 12.1 Å². The van der Waals surface area contributed by atoms with Gasteiger partial charge in [0, 0.05) is 22.6 Å². The summed E-state index contributed by atoms with van der Waals surface area (Å²) in [4.78, 5) is 2.93. The number of benzene rings is 1. The number of rotatable bonds is 4. The molecule has 2 nitrogen and oxygen atoms in total. The fraction of sp³-hybridized carbons (Fsp3) is 0.429. The zero-order chi connectivity index (χ0) is 15.0. The van der Waals surface area contributed by atoms with Crippen molar-refractivity contribution in [3.8, 4) is 0 Å². The Balaban J connectivity index is 2.14. The Morgan fingerprint density at radius 1 is 1.20 bits per heavy atom. The van der Waals surface area contributed by atoms with Gasteiger partial charge in [0.25, 0.3) is 0 Å². The first-order chi connectivity index (χ1) is 9.16. The summed E-state index contributed by atoms with van der Waals surface area (Å²) in [6.45, 7) is 2.39. The van der Waals surface area contributed by atoms with E-state index >= 15 is 0 Å². The van der Waals surface area contributed by atoms with Crippen LogP contribution in [0.4, 0.5) is 17.6 Å². The van der Waals surface area contributed by atoms with Crippen molar-refractivity contribution < 1.29 is 17.6 Å². The second kappa shape index (κ2) is 5.09. The molecule has 0 aliphatic heterocycles. The Labute approximate surface area is 114 Å². The number of alkyl halides is 3. The predicted octanol–water partition coefficient (Wildman–Crippen LogP) is 3.78. The van der Waals surface area contributed by atoms with E-state index in [1.54, 1.807) is 26.1 Å². The first-order valence-electron chi connectivity index (χ1n) is 6.24. The maximum atomic E-state index is 13.1. The molecule has 20 heavy (non-hydrogen) atoms. The highest BCUT2D eigenvalue weighted by molar-refractivity contribution is 5.83. The van der Waals surface area contributed by atoms with E-state index in [0.717, 1.165) is 10.9 Å². The Morgan fingerprint density at radius 3 is 2.55 bits per heavy atom. The highest BCUT2D eigenvalue weighted by Gasteiger charge is 2.30. The van der Waals surface area contributed by atoms with Crippen LogP contribution in [0.3, 0.4) is 0 Å². The number of hydrogen-bond donors (Lipinski definition) is 2. The molecule has 6 heteroatoms. The van der Waals surface area contributed by atoms with E-state index in [2.05, 4.69) is 10.3 Å². The minimum atomic E-state index is -4.24. The number of aromatic nitrogens is 1.